The van der Waals surface area contributed by atoms with E-state index in [-0.39, 0.29) is 18.1 Å². The van der Waals surface area contributed by atoms with Crippen molar-refractivity contribution in [3.8, 4) is 17.2 Å². The Morgan fingerprint density at radius 1 is 0.895 bits per heavy atom. The lowest BCUT2D eigenvalue weighted by Crippen LogP contribution is -2.35. The number of aromatic nitrogens is 1. The number of carbonyl (C=O) groups excluding carboxylic acids is 2. The Kier molecular flexibility index (Phi) is 11.1. The molecule has 3 rings (SSSR count). The number of esters is 1. The topological polar surface area (TPSA) is 88.8 Å². The summed E-state index contributed by atoms with van der Waals surface area (Å²) in [6.07, 6.45) is 12.1. The van der Waals surface area contributed by atoms with Crippen molar-refractivity contribution in [3.05, 3.63) is 59.8 Å². The van der Waals surface area contributed by atoms with E-state index in [0.29, 0.717) is 30.9 Å². The summed E-state index contributed by atoms with van der Waals surface area (Å²) in [6.45, 7) is 2.75. The molecule has 7 nitrogen and oxygen atoms in total. The van der Waals surface area contributed by atoms with Gasteiger partial charge in [0, 0.05) is 30.9 Å². The van der Waals surface area contributed by atoms with Crippen LogP contribution in [0.2, 0.25) is 0 Å². The van der Waals surface area contributed by atoms with Crippen LogP contribution in [0.4, 0.5) is 0 Å². The first-order valence-electron chi connectivity index (χ1n) is 13.2. The van der Waals surface area contributed by atoms with Gasteiger partial charge in [-0.2, -0.15) is 4.57 Å². The van der Waals surface area contributed by atoms with Gasteiger partial charge in [-0.1, -0.05) is 56.9 Å². The van der Waals surface area contributed by atoms with E-state index < -0.39 is 5.97 Å². The number of pyridine rings is 1. The predicted molar refractivity (Wildman–Crippen MR) is 146 cm³/mol. The molecule has 1 aromatic heterocycles. The first-order valence-corrected chi connectivity index (χ1v) is 13.2. The average Bonchev–Trinajstić information content (AvgIpc) is 2.92. The molecule has 2 aromatic carbocycles. The minimum Gasteiger partial charge on any atom is -0.550 e. The molecule has 0 aliphatic rings. The molecule has 0 saturated carbocycles. The molecule has 0 atom stereocenters. The molecule has 0 radical (unpaired) electrons. The van der Waals surface area contributed by atoms with Gasteiger partial charge in [0.25, 0.3) is 0 Å². The van der Waals surface area contributed by atoms with Gasteiger partial charge in [-0.3, -0.25) is 4.79 Å². The number of hydrogen-bond acceptors (Lipinski definition) is 6. The highest BCUT2D eigenvalue weighted by Gasteiger charge is 2.17. The van der Waals surface area contributed by atoms with Gasteiger partial charge in [-0.25, -0.2) is 0 Å². The van der Waals surface area contributed by atoms with Crippen LogP contribution < -0.4 is 23.9 Å². The quantitative estimate of drug-likeness (QED) is 0.120. The Bertz CT molecular complexity index is 1240. The number of nitrogens with zero attached hydrogens (tertiary/aromatic N) is 1. The lowest BCUT2D eigenvalue weighted by Gasteiger charge is -2.14. The minimum absolute atomic E-state index is 0.0247. The highest BCUT2D eigenvalue weighted by atomic mass is 16.6. The van der Waals surface area contributed by atoms with Crippen LogP contribution in [0, 0.1) is 0 Å². The summed E-state index contributed by atoms with van der Waals surface area (Å²) in [6, 6.07) is 13.6. The molecule has 0 saturated heterocycles. The van der Waals surface area contributed by atoms with E-state index in [0.717, 1.165) is 47.7 Å². The zero-order valence-corrected chi connectivity index (χ0v) is 22.5. The molecule has 202 valence electrons. The molecular formula is C31H37NO6. The minimum atomic E-state index is -1.04. The van der Waals surface area contributed by atoms with Gasteiger partial charge < -0.3 is 24.1 Å². The molecule has 7 heteroatoms. The Labute approximate surface area is 224 Å². The summed E-state index contributed by atoms with van der Waals surface area (Å²) in [7, 11) is 3.07. The van der Waals surface area contributed by atoms with Gasteiger partial charge in [-0.05, 0) is 42.2 Å². The number of aliphatic carboxylic acids is 1. The number of carbonyl (C=O) groups is 2. The van der Waals surface area contributed by atoms with Gasteiger partial charge in [0.1, 0.15) is 6.54 Å². The van der Waals surface area contributed by atoms with E-state index >= 15 is 0 Å². The van der Waals surface area contributed by atoms with Crippen molar-refractivity contribution >= 4 is 35.0 Å². The number of methoxy groups -OCH3 is 2. The van der Waals surface area contributed by atoms with Crippen molar-refractivity contribution in [1.29, 1.82) is 0 Å². The Morgan fingerprint density at radius 3 is 2.29 bits per heavy atom. The molecule has 0 amide bonds. The van der Waals surface area contributed by atoms with Crippen LogP contribution >= 0.6 is 0 Å². The van der Waals surface area contributed by atoms with Crippen molar-refractivity contribution in [2.75, 3.05) is 14.2 Å². The van der Waals surface area contributed by atoms with Crippen molar-refractivity contribution in [1.82, 2.24) is 0 Å². The number of benzene rings is 2. The van der Waals surface area contributed by atoms with Crippen LogP contribution in [-0.2, 0) is 16.1 Å². The molecule has 0 unspecified atom stereocenters. The van der Waals surface area contributed by atoms with E-state index in [1.54, 1.807) is 0 Å². The zero-order valence-electron chi connectivity index (χ0n) is 22.5. The summed E-state index contributed by atoms with van der Waals surface area (Å²) in [5.74, 6) is -0.207. The van der Waals surface area contributed by atoms with Crippen LogP contribution in [0.15, 0.2) is 48.7 Å². The third kappa shape index (κ3) is 8.07. The molecule has 0 aliphatic carbocycles. The zero-order chi connectivity index (χ0) is 27.3. The largest absolute Gasteiger partial charge is 0.550 e. The number of unbranched alkanes of at least 4 members (excludes halogenated alkanes) is 4. The number of hydrogen-bond donors (Lipinski definition) is 0. The standard InChI is InChI=1S/C31H37NO6/c1-4-5-6-7-8-15-30(35)38-31-27(36-2)21-23(22-28(31)37-3)16-17-24-18-20-32(19-11-14-29(33)34)26-13-10-9-12-25(24)26/h9-10,12-13,16-18,20-22H,4-8,11,14-15,19H2,1-3H3. The molecule has 0 spiro atoms. The van der Waals surface area contributed by atoms with Crippen LogP contribution in [0.1, 0.15) is 69.4 Å². The van der Waals surface area contributed by atoms with Crippen LogP contribution in [0.25, 0.3) is 23.1 Å². The molecule has 0 fully saturated rings. The summed E-state index contributed by atoms with van der Waals surface area (Å²) in [4.78, 5) is 23.2. The second-order valence-electron chi connectivity index (χ2n) is 9.18. The van der Waals surface area contributed by atoms with Crippen molar-refractivity contribution < 1.29 is 33.5 Å². The smallest absolute Gasteiger partial charge is 0.311 e. The monoisotopic (exact) mass is 519 g/mol. The van der Waals surface area contributed by atoms with Crippen LogP contribution in [0.3, 0.4) is 0 Å². The normalized spacial score (nSPS) is 11.1. The Morgan fingerprint density at radius 2 is 1.61 bits per heavy atom. The van der Waals surface area contributed by atoms with Gasteiger partial charge >= 0.3 is 5.97 Å². The van der Waals surface area contributed by atoms with E-state index in [4.69, 9.17) is 14.2 Å². The summed E-state index contributed by atoms with van der Waals surface area (Å²) in [5.41, 5.74) is 2.85. The third-order valence-corrected chi connectivity index (χ3v) is 6.38. The fourth-order valence-electron chi connectivity index (χ4n) is 4.36. The maximum atomic E-state index is 12.4. The van der Waals surface area contributed by atoms with Gasteiger partial charge in [0.15, 0.2) is 17.7 Å². The Hall–Kier alpha value is -3.87. The first kappa shape index (κ1) is 28.7. The second-order valence-corrected chi connectivity index (χ2v) is 9.18. The predicted octanol–water partition coefficient (Wildman–Crippen LogP) is 5.11. The molecule has 0 N–H and O–H groups in total. The molecule has 0 aliphatic heterocycles. The van der Waals surface area contributed by atoms with Crippen molar-refractivity contribution in [2.45, 2.75) is 64.8 Å². The van der Waals surface area contributed by atoms with Gasteiger partial charge in [0.2, 0.25) is 11.3 Å². The maximum Gasteiger partial charge on any atom is 0.311 e. The Balaban J connectivity index is 1.80. The number of aryl methyl sites for hydroxylation is 1. The van der Waals surface area contributed by atoms with Gasteiger partial charge in [-0.15, -0.1) is 0 Å². The van der Waals surface area contributed by atoms with Gasteiger partial charge in [0.05, 0.1) is 19.6 Å². The lowest BCUT2D eigenvalue weighted by atomic mass is 10.1. The molecule has 0 bridgehead atoms. The number of carboxylic acids is 1. The van der Waals surface area contributed by atoms with E-state index in [1.807, 2.05) is 60.8 Å². The fraction of sp³-hybridized carbons (Fsp3) is 0.387. The van der Waals surface area contributed by atoms with E-state index in [9.17, 15) is 14.7 Å². The number of para-hydroxylation sites is 1. The molecular weight excluding hydrogens is 482 g/mol. The van der Waals surface area contributed by atoms with Crippen molar-refractivity contribution in [3.63, 3.8) is 0 Å². The van der Waals surface area contributed by atoms with E-state index in [1.165, 1.54) is 20.6 Å². The SMILES string of the molecule is CCCCCCCC(=O)Oc1c(OC)cc(C=Cc2cc[n+](CCCC(=O)[O-])c3ccccc23)cc1OC. The fourth-order valence-corrected chi connectivity index (χ4v) is 4.36. The van der Waals surface area contributed by atoms with E-state index in [2.05, 4.69) is 11.5 Å². The molecule has 3 aromatic rings. The third-order valence-electron chi connectivity index (χ3n) is 6.38. The average molecular weight is 520 g/mol. The maximum absolute atomic E-state index is 12.4. The molecule has 38 heavy (non-hydrogen) atoms. The lowest BCUT2D eigenvalue weighted by molar-refractivity contribution is -0.671. The summed E-state index contributed by atoms with van der Waals surface area (Å²) >= 11 is 0. The van der Waals surface area contributed by atoms with Crippen LogP contribution in [0.5, 0.6) is 17.2 Å². The highest BCUT2D eigenvalue weighted by molar-refractivity contribution is 5.89. The highest BCUT2D eigenvalue weighted by Crippen LogP contribution is 2.39. The summed E-state index contributed by atoms with van der Waals surface area (Å²) < 4.78 is 18.8. The molecule has 1 heterocycles. The number of fused-ring (bicyclic) bond motifs is 1. The van der Waals surface area contributed by atoms with Crippen molar-refractivity contribution in [2.24, 2.45) is 0 Å². The second kappa shape index (κ2) is 14.8. The number of rotatable bonds is 15. The number of carboxylic acid groups (broad SMARTS) is 1. The summed E-state index contributed by atoms with van der Waals surface area (Å²) in [5, 5.41) is 11.8. The van der Waals surface area contributed by atoms with Crippen LogP contribution in [-0.4, -0.2) is 26.2 Å². The number of ether oxygens (including phenoxy) is 3. The first-order chi connectivity index (χ1) is 18.5.